The highest BCUT2D eigenvalue weighted by molar-refractivity contribution is 7.86. The average Bonchev–Trinajstić information content (AvgIpc) is 2.46. The molecule has 0 radical (unpaired) electrons. The summed E-state index contributed by atoms with van der Waals surface area (Å²) in [6, 6.07) is 14.7. The Morgan fingerprint density at radius 1 is 1.00 bits per heavy atom. The zero-order valence-corrected chi connectivity index (χ0v) is 11.8. The van der Waals surface area contributed by atoms with E-state index < -0.39 is 16.7 Å². The molecule has 0 N–H and O–H groups in total. The van der Waals surface area contributed by atoms with E-state index in [0.717, 1.165) is 5.56 Å². The second kappa shape index (κ2) is 5.98. The van der Waals surface area contributed by atoms with Gasteiger partial charge in [-0.3, -0.25) is 8.98 Å². The topological polar surface area (TPSA) is 60.4 Å². The van der Waals surface area contributed by atoms with Crippen LogP contribution in [-0.2, 0) is 14.3 Å². The SMILES string of the molecule is Cc1ccc(S(=O)(=O)OCC(=O)c2ccccc2)cc1. The molecular formula is C15H14O4S. The largest absolute Gasteiger partial charge is 0.297 e. The molecule has 0 aliphatic heterocycles. The fourth-order valence-electron chi connectivity index (χ4n) is 1.61. The first-order chi connectivity index (χ1) is 9.49. The molecule has 0 aromatic heterocycles. The Balaban J connectivity index is 2.06. The van der Waals surface area contributed by atoms with Crippen molar-refractivity contribution in [3.05, 3.63) is 65.7 Å². The molecule has 20 heavy (non-hydrogen) atoms. The molecule has 0 bridgehead atoms. The molecule has 0 saturated carbocycles. The van der Waals surface area contributed by atoms with Crippen LogP contribution in [0.1, 0.15) is 15.9 Å². The van der Waals surface area contributed by atoms with E-state index in [1.54, 1.807) is 42.5 Å². The van der Waals surface area contributed by atoms with E-state index >= 15 is 0 Å². The van der Waals surface area contributed by atoms with E-state index in [0.29, 0.717) is 5.56 Å². The lowest BCUT2D eigenvalue weighted by Crippen LogP contribution is -2.14. The third-order valence-corrected chi connectivity index (χ3v) is 4.03. The standard InChI is InChI=1S/C15H14O4S/c1-12-7-9-14(10-8-12)20(17,18)19-11-15(16)13-5-3-2-4-6-13/h2-10H,11H2,1H3. The van der Waals surface area contributed by atoms with Crippen LogP contribution in [0, 0.1) is 6.92 Å². The summed E-state index contributed by atoms with van der Waals surface area (Å²) in [7, 11) is -3.90. The summed E-state index contributed by atoms with van der Waals surface area (Å²) in [5.74, 6) is -0.374. The van der Waals surface area contributed by atoms with E-state index in [1.807, 2.05) is 6.92 Å². The minimum atomic E-state index is -3.90. The Kier molecular flexibility index (Phi) is 4.32. The second-order valence-electron chi connectivity index (χ2n) is 4.32. The van der Waals surface area contributed by atoms with Gasteiger partial charge in [-0.1, -0.05) is 48.0 Å². The molecule has 0 spiro atoms. The fraction of sp³-hybridized carbons (Fsp3) is 0.133. The highest BCUT2D eigenvalue weighted by Crippen LogP contribution is 2.13. The Labute approximate surface area is 118 Å². The van der Waals surface area contributed by atoms with Crippen LogP contribution < -0.4 is 0 Å². The normalized spacial score (nSPS) is 11.2. The number of hydrogen-bond donors (Lipinski definition) is 0. The summed E-state index contributed by atoms with van der Waals surface area (Å²) < 4.78 is 28.6. The van der Waals surface area contributed by atoms with Crippen molar-refractivity contribution in [1.29, 1.82) is 0 Å². The third-order valence-electron chi connectivity index (χ3n) is 2.75. The molecular weight excluding hydrogens is 276 g/mol. The van der Waals surface area contributed by atoms with Crippen LogP contribution in [0.3, 0.4) is 0 Å². The number of rotatable bonds is 5. The minimum Gasteiger partial charge on any atom is -0.291 e. The summed E-state index contributed by atoms with van der Waals surface area (Å²) in [5, 5.41) is 0. The highest BCUT2D eigenvalue weighted by atomic mass is 32.2. The first-order valence-electron chi connectivity index (χ1n) is 6.03. The molecule has 0 unspecified atom stereocenters. The predicted octanol–water partition coefficient (Wildman–Crippen LogP) is 2.58. The number of hydrogen-bond acceptors (Lipinski definition) is 4. The molecule has 0 aliphatic rings. The Morgan fingerprint density at radius 2 is 1.60 bits per heavy atom. The van der Waals surface area contributed by atoms with Crippen LogP contribution in [0.15, 0.2) is 59.5 Å². The molecule has 0 fully saturated rings. The van der Waals surface area contributed by atoms with Gasteiger partial charge in [-0.15, -0.1) is 0 Å². The minimum absolute atomic E-state index is 0.0453. The van der Waals surface area contributed by atoms with Gasteiger partial charge in [-0.05, 0) is 19.1 Å². The van der Waals surface area contributed by atoms with Crippen LogP contribution in [0.25, 0.3) is 0 Å². The number of Topliss-reactive ketones (excluding diaryl/α,β-unsaturated/α-hetero) is 1. The van der Waals surface area contributed by atoms with Gasteiger partial charge in [0.25, 0.3) is 10.1 Å². The van der Waals surface area contributed by atoms with Crippen molar-refractivity contribution >= 4 is 15.9 Å². The molecule has 0 amide bonds. The second-order valence-corrected chi connectivity index (χ2v) is 5.93. The lowest BCUT2D eigenvalue weighted by Gasteiger charge is -2.05. The third kappa shape index (κ3) is 3.53. The van der Waals surface area contributed by atoms with Crippen molar-refractivity contribution in [2.45, 2.75) is 11.8 Å². The molecule has 0 heterocycles. The Bertz CT molecular complexity index is 688. The summed E-state index contributed by atoms with van der Waals surface area (Å²) in [5.41, 5.74) is 1.37. The van der Waals surface area contributed by atoms with Gasteiger partial charge < -0.3 is 0 Å². The fourth-order valence-corrected chi connectivity index (χ4v) is 2.48. The monoisotopic (exact) mass is 290 g/mol. The molecule has 2 aromatic rings. The predicted molar refractivity (Wildman–Crippen MR) is 75.1 cm³/mol. The molecule has 0 atom stereocenters. The van der Waals surface area contributed by atoms with Crippen LogP contribution >= 0.6 is 0 Å². The number of carbonyl (C=O) groups is 1. The van der Waals surface area contributed by atoms with Crippen molar-refractivity contribution in [1.82, 2.24) is 0 Å². The molecule has 2 rings (SSSR count). The van der Waals surface area contributed by atoms with Crippen molar-refractivity contribution in [2.75, 3.05) is 6.61 Å². The first-order valence-corrected chi connectivity index (χ1v) is 7.44. The zero-order chi connectivity index (χ0) is 14.6. The highest BCUT2D eigenvalue weighted by Gasteiger charge is 2.17. The van der Waals surface area contributed by atoms with Gasteiger partial charge in [-0.25, -0.2) is 0 Å². The van der Waals surface area contributed by atoms with Gasteiger partial charge in [0.1, 0.15) is 6.61 Å². The van der Waals surface area contributed by atoms with Crippen LogP contribution in [0.2, 0.25) is 0 Å². The van der Waals surface area contributed by atoms with Crippen molar-refractivity contribution < 1.29 is 17.4 Å². The van der Waals surface area contributed by atoms with Gasteiger partial charge in [0.15, 0.2) is 5.78 Å². The quantitative estimate of drug-likeness (QED) is 0.627. The van der Waals surface area contributed by atoms with Gasteiger partial charge in [0.2, 0.25) is 0 Å². The van der Waals surface area contributed by atoms with E-state index in [1.165, 1.54) is 12.1 Å². The van der Waals surface area contributed by atoms with Crippen molar-refractivity contribution in [3.63, 3.8) is 0 Å². The van der Waals surface area contributed by atoms with Crippen molar-refractivity contribution in [3.8, 4) is 0 Å². The van der Waals surface area contributed by atoms with Crippen LogP contribution in [0.4, 0.5) is 0 Å². The molecule has 5 heteroatoms. The summed E-state index contributed by atoms with van der Waals surface area (Å²) in [6.07, 6.45) is 0. The maximum atomic E-state index is 11.9. The van der Waals surface area contributed by atoms with E-state index in [9.17, 15) is 13.2 Å². The van der Waals surface area contributed by atoms with E-state index in [4.69, 9.17) is 4.18 Å². The number of ketones is 1. The van der Waals surface area contributed by atoms with Gasteiger partial charge in [0, 0.05) is 5.56 Å². The van der Waals surface area contributed by atoms with E-state index in [2.05, 4.69) is 0 Å². The zero-order valence-electron chi connectivity index (χ0n) is 10.9. The lowest BCUT2D eigenvalue weighted by molar-refractivity contribution is 0.0924. The molecule has 0 aliphatic carbocycles. The number of benzene rings is 2. The maximum Gasteiger partial charge on any atom is 0.297 e. The van der Waals surface area contributed by atoms with E-state index in [-0.39, 0.29) is 10.7 Å². The Morgan fingerprint density at radius 3 is 2.20 bits per heavy atom. The summed E-state index contributed by atoms with van der Waals surface area (Å²) >= 11 is 0. The van der Waals surface area contributed by atoms with Crippen LogP contribution in [-0.4, -0.2) is 20.8 Å². The molecule has 2 aromatic carbocycles. The maximum absolute atomic E-state index is 11.9. The summed E-state index contributed by atoms with van der Waals surface area (Å²) in [6.45, 7) is 1.36. The average molecular weight is 290 g/mol. The molecule has 4 nitrogen and oxygen atoms in total. The van der Waals surface area contributed by atoms with Gasteiger partial charge in [-0.2, -0.15) is 8.42 Å². The van der Waals surface area contributed by atoms with Crippen LogP contribution in [0.5, 0.6) is 0 Å². The van der Waals surface area contributed by atoms with Gasteiger partial charge in [0.05, 0.1) is 4.90 Å². The smallest absolute Gasteiger partial charge is 0.291 e. The Hall–Kier alpha value is -1.98. The van der Waals surface area contributed by atoms with Gasteiger partial charge >= 0.3 is 0 Å². The summed E-state index contributed by atoms with van der Waals surface area (Å²) in [4.78, 5) is 11.8. The molecule has 0 saturated heterocycles. The van der Waals surface area contributed by atoms with Crippen molar-refractivity contribution in [2.24, 2.45) is 0 Å². The first kappa shape index (κ1) is 14.4. The molecule has 104 valence electrons. The lowest BCUT2D eigenvalue weighted by atomic mass is 10.1. The number of aryl methyl sites for hydroxylation is 1. The number of carbonyl (C=O) groups excluding carboxylic acids is 1.